The summed E-state index contributed by atoms with van der Waals surface area (Å²) >= 11 is 0. The molecule has 3 aromatic rings. The van der Waals surface area contributed by atoms with E-state index in [1.165, 1.54) is 34.1 Å². The molecule has 0 amide bonds. The van der Waals surface area contributed by atoms with E-state index in [0.29, 0.717) is 5.92 Å². The number of hydrogen-bond donors (Lipinski definition) is 2. The molecule has 21 heavy (non-hydrogen) atoms. The van der Waals surface area contributed by atoms with Gasteiger partial charge in [0.05, 0.1) is 6.20 Å². The Morgan fingerprint density at radius 3 is 3.14 bits per heavy atom. The lowest BCUT2D eigenvalue weighted by molar-refractivity contribution is 0.326. The summed E-state index contributed by atoms with van der Waals surface area (Å²) in [5.74, 6) is 0.599. The predicted octanol–water partition coefficient (Wildman–Crippen LogP) is 3.19. The van der Waals surface area contributed by atoms with Crippen LogP contribution in [0.1, 0.15) is 29.2 Å². The number of hydrogen-bond acceptors (Lipinski definition) is 2. The Bertz CT molecular complexity index is 755. The number of nitrogens with zero attached hydrogens (tertiary/aromatic N) is 2. The van der Waals surface area contributed by atoms with Crippen molar-refractivity contribution in [1.82, 2.24) is 20.1 Å². The van der Waals surface area contributed by atoms with Gasteiger partial charge in [-0.15, -0.1) is 0 Å². The minimum Gasteiger partial charge on any atom is -0.361 e. The van der Waals surface area contributed by atoms with Crippen LogP contribution in [-0.2, 0) is 6.54 Å². The molecule has 4 rings (SSSR count). The predicted molar refractivity (Wildman–Crippen MR) is 84.3 cm³/mol. The van der Waals surface area contributed by atoms with Gasteiger partial charge < -0.3 is 4.98 Å². The van der Waals surface area contributed by atoms with Gasteiger partial charge in [0.25, 0.3) is 0 Å². The Morgan fingerprint density at radius 1 is 1.33 bits per heavy atom. The van der Waals surface area contributed by atoms with Crippen LogP contribution >= 0.6 is 0 Å². The molecule has 1 saturated heterocycles. The molecule has 0 saturated carbocycles. The summed E-state index contributed by atoms with van der Waals surface area (Å²) in [7, 11) is 0. The molecule has 0 bridgehead atoms. The largest absolute Gasteiger partial charge is 0.361 e. The lowest BCUT2D eigenvalue weighted by atomic mass is 10.0. The maximum atomic E-state index is 4.16. The molecule has 4 nitrogen and oxygen atoms in total. The van der Waals surface area contributed by atoms with Gasteiger partial charge in [-0.2, -0.15) is 5.10 Å². The summed E-state index contributed by atoms with van der Waals surface area (Å²) in [6, 6.07) is 8.83. The molecule has 0 radical (unpaired) electrons. The number of fused-ring (bicyclic) bond motifs is 1. The fourth-order valence-electron chi connectivity index (χ4n) is 3.43. The zero-order valence-electron chi connectivity index (χ0n) is 12.3. The topological polar surface area (TPSA) is 47.7 Å². The van der Waals surface area contributed by atoms with E-state index in [-0.39, 0.29) is 0 Å². The van der Waals surface area contributed by atoms with Crippen LogP contribution < -0.4 is 0 Å². The van der Waals surface area contributed by atoms with Crippen molar-refractivity contribution < 1.29 is 0 Å². The van der Waals surface area contributed by atoms with Crippen molar-refractivity contribution in [3.05, 3.63) is 53.5 Å². The Balaban J connectivity index is 1.47. The monoisotopic (exact) mass is 280 g/mol. The second-order valence-corrected chi connectivity index (χ2v) is 6.09. The van der Waals surface area contributed by atoms with E-state index in [9.17, 15) is 0 Å². The van der Waals surface area contributed by atoms with Gasteiger partial charge >= 0.3 is 0 Å². The minimum atomic E-state index is 0.599. The van der Waals surface area contributed by atoms with E-state index in [0.717, 1.165) is 19.6 Å². The van der Waals surface area contributed by atoms with E-state index in [4.69, 9.17) is 0 Å². The molecule has 0 aliphatic carbocycles. The van der Waals surface area contributed by atoms with Crippen molar-refractivity contribution in [3.8, 4) is 0 Å². The molecule has 1 aliphatic heterocycles. The third-order valence-electron chi connectivity index (χ3n) is 4.57. The van der Waals surface area contributed by atoms with Crippen molar-refractivity contribution in [2.75, 3.05) is 13.1 Å². The molecule has 2 aromatic heterocycles. The van der Waals surface area contributed by atoms with E-state index in [2.05, 4.69) is 51.3 Å². The summed E-state index contributed by atoms with van der Waals surface area (Å²) in [4.78, 5) is 5.83. The van der Waals surface area contributed by atoms with Crippen LogP contribution in [0.4, 0.5) is 0 Å². The Labute approximate surface area is 124 Å². The maximum Gasteiger partial charge on any atom is 0.0519 e. The number of likely N-dealkylation sites (tertiary alicyclic amines) is 1. The molecular weight excluding hydrogens is 260 g/mol. The van der Waals surface area contributed by atoms with Gasteiger partial charge in [-0.05, 0) is 48.5 Å². The zero-order valence-corrected chi connectivity index (χ0v) is 12.3. The normalized spacial score (nSPS) is 19.6. The van der Waals surface area contributed by atoms with E-state index < -0.39 is 0 Å². The molecule has 1 aliphatic rings. The van der Waals surface area contributed by atoms with Gasteiger partial charge in [0.15, 0.2) is 0 Å². The third kappa shape index (κ3) is 2.36. The van der Waals surface area contributed by atoms with Gasteiger partial charge in [0, 0.05) is 36.4 Å². The number of aryl methyl sites for hydroxylation is 1. The van der Waals surface area contributed by atoms with Crippen LogP contribution in [0.2, 0.25) is 0 Å². The van der Waals surface area contributed by atoms with Crippen molar-refractivity contribution in [1.29, 1.82) is 0 Å². The minimum absolute atomic E-state index is 0.599. The summed E-state index contributed by atoms with van der Waals surface area (Å²) in [5, 5.41) is 8.61. The highest BCUT2D eigenvalue weighted by Crippen LogP contribution is 2.28. The van der Waals surface area contributed by atoms with Gasteiger partial charge in [-0.25, -0.2) is 0 Å². The number of H-pyrrole nitrogens is 2. The number of benzene rings is 1. The third-order valence-corrected chi connectivity index (χ3v) is 4.57. The van der Waals surface area contributed by atoms with Gasteiger partial charge in [-0.3, -0.25) is 10.00 Å². The average molecular weight is 280 g/mol. The number of nitrogens with one attached hydrogen (secondary N) is 2. The van der Waals surface area contributed by atoms with Crippen LogP contribution in [-0.4, -0.2) is 33.2 Å². The maximum absolute atomic E-state index is 4.16. The first-order valence-electron chi connectivity index (χ1n) is 7.58. The Morgan fingerprint density at radius 2 is 2.29 bits per heavy atom. The molecule has 2 N–H and O–H groups in total. The van der Waals surface area contributed by atoms with Crippen molar-refractivity contribution in [2.45, 2.75) is 25.8 Å². The van der Waals surface area contributed by atoms with Crippen molar-refractivity contribution >= 4 is 10.9 Å². The zero-order chi connectivity index (χ0) is 14.2. The van der Waals surface area contributed by atoms with Crippen molar-refractivity contribution in [2.24, 2.45) is 0 Å². The first-order valence-corrected chi connectivity index (χ1v) is 7.58. The molecule has 1 atom stereocenters. The molecule has 108 valence electrons. The number of rotatable bonds is 3. The molecular formula is C17H20N4. The van der Waals surface area contributed by atoms with E-state index in [1.54, 1.807) is 0 Å². The summed E-state index contributed by atoms with van der Waals surface area (Å²) in [6.07, 6.45) is 5.15. The van der Waals surface area contributed by atoms with E-state index in [1.807, 2.05) is 12.4 Å². The lowest BCUT2D eigenvalue weighted by Gasteiger charge is -2.16. The van der Waals surface area contributed by atoms with Gasteiger partial charge in [-0.1, -0.05) is 12.1 Å². The lowest BCUT2D eigenvalue weighted by Crippen LogP contribution is -2.19. The van der Waals surface area contributed by atoms with Crippen LogP contribution in [0, 0.1) is 6.92 Å². The SMILES string of the molecule is Cc1cn[nH]c1C1CCN(Cc2ccc3cc[nH]c3c2)C1. The summed E-state index contributed by atoms with van der Waals surface area (Å²) in [6.45, 7) is 5.44. The Kier molecular flexibility index (Phi) is 3.04. The average Bonchev–Trinajstić information content (AvgIpc) is 3.18. The van der Waals surface area contributed by atoms with Crippen LogP contribution in [0.3, 0.4) is 0 Å². The highest BCUT2D eigenvalue weighted by molar-refractivity contribution is 5.79. The molecule has 1 fully saturated rings. The van der Waals surface area contributed by atoms with Gasteiger partial charge in [0.2, 0.25) is 0 Å². The highest BCUT2D eigenvalue weighted by atomic mass is 15.2. The first-order chi connectivity index (χ1) is 10.3. The highest BCUT2D eigenvalue weighted by Gasteiger charge is 2.26. The van der Waals surface area contributed by atoms with E-state index >= 15 is 0 Å². The number of aromatic nitrogens is 3. The van der Waals surface area contributed by atoms with Crippen LogP contribution in [0.5, 0.6) is 0 Å². The molecule has 3 heterocycles. The second-order valence-electron chi connectivity index (χ2n) is 6.09. The van der Waals surface area contributed by atoms with Crippen LogP contribution in [0.25, 0.3) is 10.9 Å². The fourth-order valence-corrected chi connectivity index (χ4v) is 3.43. The smallest absolute Gasteiger partial charge is 0.0519 e. The summed E-state index contributed by atoms with van der Waals surface area (Å²) in [5.41, 5.74) is 5.21. The molecule has 4 heteroatoms. The molecule has 1 aromatic carbocycles. The van der Waals surface area contributed by atoms with Crippen LogP contribution in [0.15, 0.2) is 36.7 Å². The molecule has 1 unspecified atom stereocenters. The number of aromatic amines is 2. The summed E-state index contributed by atoms with van der Waals surface area (Å²) < 4.78 is 0. The Hall–Kier alpha value is -2.07. The van der Waals surface area contributed by atoms with Gasteiger partial charge in [0.1, 0.15) is 0 Å². The standard InChI is InChI=1S/C17H20N4/c1-12-9-19-20-17(12)15-5-7-21(11-15)10-13-2-3-14-4-6-18-16(14)8-13/h2-4,6,8-9,15,18H,5,7,10-11H2,1H3,(H,19,20). The quantitative estimate of drug-likeness (QED) is 0.774. The molecule has 0 spiro atoms. The fraction of sp³-hybridized carbons (Fsp3) is 0.353. The van der Waals surface area contributed by atoms with Crippen molar-refractivity contribution in [3.63, 3.8) is 0 Å². The first kappa shape index (κ1) is 12.7. The second kappa shape index (κ2) is 5.04.